The molecule has 0 radical (unpaired) electrons. The summed E-state index contributed by atoms with van der Waals surface area (Å²) in [5.74, 6) is 1.79. The van der Waals surface area contributed by atoms with E-state index < -0.39 is 0 Å². The molecule has 0 aromatic carbocycles. The molecule has 14 heavy (non-hydrogen) atoms. The van der Waals surface area contributed by atoms with Crippen molar-refractivity contribution >= 4 is 0 Å². The second-order valence-corrected chi connectivity index (χ2v) is 5.14. The van der Waals surface area contributed by atoms with E-state index >= 15 is 0 Å². The summed E-state index contributed by atoms with van der Waals surface area (Å²) in [5.41, 5.74) is 0.619. The molecule has 0 aromatic rings. The van der Waals surface area contributed by atoms with E-state index in [0.717, 1.165) is 11.8 Å². The molecule has 0 atom stereocenters. The third kappa shape index (κ3) is 1.62. The van der Waals surface area contributed by atoms with Gasteiger partial charge in [0.1, 0.15) is 0 Å². The molecule has 0 unspecified atom stereocenters. The summed E-state index contributed by atoms with van der Waals surface area (Å²) in [6, 6.07) is 0. The van der Waals surface area contributed by atoms with Crippen molar-refractivity contribution in [3.63, 3.8) is 0 Å². The third-order valence-electron chi connectivity index (χ3n) is 3.98. The van der Waals surface area contributed by atoms with Gasteiger partial charge in [0.15, 0.2) is 5.88 Å². The van der Waals surface area contributed by atoms with Gasteiger partial charge in [-0.05, 0) is 25.3 Å². The molecule has 2 nitrogen and oxygen atoms in total. The van der Waals surface area contributed by atoms with Crippen molar-refractivity contribution in [3.8, 4) is 0 Å². The van der Waals surface area contributed by atoms with Crippen molar-refractivity contribution < 1.29 is 4.74 Å². The summed E-state index contributed by atoms with van der Waals surface area (Å²) in [7, 11) is 1.70. The van der Waals surface area contributed by atoms with Crippen LogP contribution >= 0.6 is 0 Å². The molecule has 1 spiro atoms. The molecule has 1 aliphatic heterocycles. The molecule has 2 aliphatic rings. The fraction of sp³-hybridized carbons (Fsp3) is 0.833. The van der Waals surface area contributed by atoms with Crippen LogP contribution in [0.25, 0.3) is 0 Å². The number of nitrogens with zero attached hydrogens (tertiary/aromatic N) is 1. The van der Waals surface area contributed by atoms with Crippen molar-refractivity contribution in [2.45, 2.75) is 32.6 Å². The Kier molecular flexibility index (Phi) is 2.46. The summed E-state index contributed by atoms with van der Waals surface area (Å²) >= 11 is 0. The van der Waals surface area contributed by atoms with Crippen LogP contribution in [0.1, 0.15) is 32.6 Å². The molecular formula is C12H21NO. The Hall–Kier alpha value is -0.660. The third-order valence-corrected chi connectivity index (χ3v) is 3.98. The van der Waals surface area contributed by atoms with Crippen LogP contribution in [0.3, 0.4) is 0 Å². The van der Waals surface area contributed by atoms with Crippen LogP contribution in [-0.2, 0) is 4.74 Å². The van der Waals surface area contributed by atoms with Crippen LogP contribution in [0.5, 0.6) is 0 Å². The van der Waals surface area contributed by atoms with Gasteiger partial charge in [-0.15, -0.1) is 0 Å². The standard InChI is InChI=1S/C12H21NO/c1-10-4-6-12(7-5-10)8-13(9-12)11(2)14-3/h10H,2,4-9H2,1,3H3. The molecule has 2 fully saturated rings. The molecule has 2 heteroatoms. The van der Waals surface area contributed by atoms with Gasteiger partial charge in [0.2, 0.25) is 0 Å². The van der Waals surface area contributed by atoms with E-state index in [0.29, 0.717) is 5.41 Å². The molecule has 0 amide bonds. The molecule has 1 saturated carbocycles. The molecular weight excluding hydrogens is 174 g/mol. The highest BCUT2D eigenvalue weighted by atomic mass is 16.5. The fourth-order valence-corrected chi connectivity index (χ4v) is 2.76. The van der Waals surface area contributed by atoms with Crippen molar-refractivity contribution in [2.75, 3.05) is 20.2 Å². The zero-order valence-corrected chi connectivity index (χ0v) is 9.38. The summed E-state index contributed by atoms with van der Waals surface area (Å²) in [6.45, 7) is 8.61. The Balaban J connectivity index is 1.83. The Morgan fingerprint density at radius 2 is 1.93 bits per heavy atom. The summed E-state index contributed by atoms with van der Waals surface area (Å²) < 4.78 is 5.14. The number of hydrogen-bond acceptors (Lipinski definition) is 2. The maximum absolute atomic E-state index is 5.14. The first-order valence-electron chi connectivity index (χ1n) is 5.63. The number of methoxy groups -OCH3 is 1. The van der Waals surface area contributed by atoms with E-state index in [1.807, 2.05) is 0 Å². The van der Waals surface area contributed by atoms with E-state index in [9.17, 15) is 0 Å². The largest absolute Gasteiger partial charge is 0.483 e. The van der Waals surface area contributed by atoms with Gasteiger partial charge in [-0.1, -0.05) is 19.8 Å². The van der Waals surface area contributed by atoms with E-state index in [2.05, 4.69) is 18.4 Å². The van der Waals surface area contributed by atoms with Crippen molar-refractivity contribution in [1.82, 2.24) is 4.90 Å². The monoisotopic (exact) mass is 195 g/mol. The number of ether oxygens (including phenoxy) is 1. The molecule has 1 heterocycles. The quantitative estimate of drug-likeness (QED) is 0.628. The van der Waals surface area contributed by atoms with Gasteiger partial charge in [0, 0.05) is 18.5 Å². The summed E-state index contributed by atoms with van der Waals surface area (Å²) in [5, 5.41) is 0. The molecule has 80 valence electrons. The first kappa shape index (κ1) is 9.88. The minimum absolute atomic E-state index is 0.619. The molecule has 1 aliphatic carbocycles. The Bertz CT molecular complexity index is 220. The maximum Gasteiger partial charge on any atom is 0.181 e. The average Bonchev–Trinajstić information content (AvgIpc) is 2.15. The summed E-state index contributed by atoms with van der Waals surface area (Å²) in [6.07, 6.45) is 5.63. The van der Waals surface area contributed by atoms with Gasteiger partial charge < -0.3 is 9.64 Å². The van der Waals surface area contributed by atoms with Crippen LogP contribution in [0.15, 0.2) is 12.5 Å². The zero-order chi connectivity index (χ0) is 10.2. The van der Waals surface area contributed by atoms with Crippen molar-refractivity contribution in [1.29, 1.82) is 0 Å². The fourth-order valence-electron chi connectivity index (χ4n) is 2.76. The SMILES string of the molecule is C=C(OC)N1CC2(CCC(C)CC2)C1. The Labute approximate surface area is 86.9 Å². The van der Waals surface area contributed by atoms with Crippen LogP contribution in [0, 0.1) is 11.3 Å². The highest BCUT2D eigenvalue weighted by molar-refractivity contribution is 5.03. The predicted molar refractivity (Wildman–Crippen MR) is 57.8 cm³/mol. The van der Waals surface area contributed by atoms with Crippen molar-refractivity contribution in [2.24, 2.45) is 11.3 Å². The van der Waals surface area contributed by atoms with Crippen LogP contribution in [0.4, 0.5) is 0 Å². The van der Waals surface area contributed by atoms with Gasteiger partial charge in [-0.3, -0.25) is 0 Å². The lowest BCUT2D eigenvalue weighted by Gasteiger charge is -2.54. The van der Waals surface area contributed by atoms with Crippen LogP contribution < -0.4 is 0 Å². The first-order valence-corrected chi connectivity index (χ1v) is 5.63. The topological polar surface area (TPSA) is 12.5 Å². The predicted octanol–water partition coefficient (Wildman–Crippen LogP) is 2.62. The maximum atomic E-state index is 5.14. The number of hydrogen-bond donors (Lipinski definition) is 0. The van der Waals surface area contributed by atoms with E-state index in [4.69, 9.17) is 4.74 Å². The van der Waals surface area contributed by atoms with Crippen LogP contribution in [0.2, 0.25) is 0 Å². The highest BCUT2D eigenvalue weighted by Crippen LogP contribution is 2.46. The van der Waals surface area contributed by atoms with Gasteiger partial charge in [-0.25, -0.2) is 0 Å². The lowest BCUT2D eigenvalue weighted by atomic mass is 9.66. The van der Waals surface area contributed by atoms with Crippen molar-refractivity contribution in [3.05, 3.63) is 12.5 Å². The lowest BCUT2D eigenvalue weighted by molar-refractivity contribution is -0.0460. The molecule has 2 rings (SSSR count). The second-order valence-electron chi connectivity index (χ2n) is 5.14. The minimum Gasteiger partial charge on any atom is -0.483 e. The smallest absolute Gasteiger partial charge is 0.181 e. The van der Waals surface area contributed by atoms with Gasteiger partial charge >= 0.3 is 0 Å². The summed E-state index contributed by atoms with van der Waals surface area (Å²) in [4.78, 5) is 2.26. The average molecular weight is 195 g/mol. The minimum atomic E-state index is 0.619. The molecule has 0 N–H and O–H groups in total. The number of rotatable bonds is 2. The normalized spacial score (nSPS) is 26.0. The first-order chi connectivity index (χ1) is 6.65. The second kappa shape index (κ2) is 3.48. The zero-order valence-electron chi connectivity index (χ0n) is 9.38. The van der Waals surface area contributed by atoms with Crippen LogP contribution in [-0.4, -0.2) is 25.1 Å². The molecule has 0 bridgehead atoms. The Morgan fingerprint density at radius 3 is 2.43 bits per heavy atom. The highest BCUT2D eigenvalue weighted by Gasteiger charge is 2.45. The number of likely N-dealkylation sites (tertiary alicyclic amines) is 1. The molecule has 0 aromatic heterocycles. The molecule has 1 saturated heterocycles. The van der Waals surface area contributed by atoms with E-state index in [1.54, 1.807) is 7.11 Å². The van der Waals surface area contributed by atoms with E-state index in [1.165, 1.54) is 38.8 Å². The van der Waals surface area contributed by atoms with Gasteiger partial charge in [0.05, 0.1) is 7.11 Å². The Morgan fingerprint density at radius 1 is 1.36 bits per heavy atom. The van der Waals surface area contributed by atoms with Gasteiger partial charge in [0.25, 0.3) is 0 Å². The van der Waals surface area contributed by atoms with E-state index in [-0.39, 0.29) is 0 Å². The van der Waals surface area contributed by atoms with Gasteiger partial charge in [-0.2, -0.15) is 0 Å². The lowest BCUT2D eigenvalue weighted by Crippen LogP contribution is -2.56.